The summed E-state index contributed by atoms with van der Waals surface area (Å²) in [7, 11) is 0. The molecule has 0 amide bonds. The molecule has 0 radical (unpaired) electrons. The molecule has 1 aromatic heterocycles. The molecule has 0 spiro atoms. The number of rotatable bonds is 6. The number of fused-ring (bicyclic) bond motifs is 1. The minimum absolute atomic E-state index is 0.213. The van der Waals surface area contributed by atoms with E-state index in [2.05, 4.69) is 13.8 Å². The molecule has 1 aliphatic rings. The molecule has 2 nitrogen and oxygen atoms in total. The molecule has 2 N–H and O–H groups in total. The van der Waals surface area contributed by atoms with Crippen molar-refractivity contribution in [3.8, 4) is 0 Å². The van der Waals surface area contributed by atoms with E-state index >= 15 is 0 Å². The van der Waals surface area contributed by atoms with Crippen LogP contribution in [0.3, 0.4) is 0 Å². The van der Waals surface area contributed by atoms with Crippen molar-refractivity contribution in [3.05, 3.63) is 15.6 Å². The fourth-order valence-corrected chi connectivity index (χ4v) is 3.86. The van der Waals surface area contributed by atoms with Crippen molar-refractivity contribution in [1.29, 1.82) is 0 Å². The van der Waals surface area contributed by atoms with Crippen molar-refractivity contribution in [2.24, 2.45) is 5.73 Å². The molecule has 1 aromatic rings. The van der Waals surface area contributed by atoms with Gasteiger partial charge in [0.05, 0.1) is 11.2 Å². The van der Waals surface area contributed by atoms with Crippen LogP contribution in [0.1, 0.15) is 74.4 Å². The minimum Gasteiger partial charge on any atom is -0.320 e. The Morgan fingerprint density at radius 1 is 1.22 bits per heavy atom. The van der Waals surface area contributed by atoms with Gasteiger partial charge >= 0.3 is 0 Å². The summed E-state index contributed by atoms with van der Waals surface area (Å²) < 4.78 is 0. The number of unbranched alkanes of at least 4 members (excludes halogenated alkanes) is 3. The van der Waals surface area contributed by atoms with Gasteiger partial charge in [0.25, 0.3) is 0 Å². The van der Waals surface area contributed by atoms with Crippen LogP contribution in [0.15, 0.2) is 0 Å². The van der Waals surface area contributed by atoms with E-state index in [1.54, 1.807) is 0 Å². The van der Waals surface area contributed by atoms with Gasteiger partial charge in [-0.1, -0.05) is 32.6 Å². The lowest BCUT2D eigenvalue weighted by Crippen LogP contribution is -2.32. The number of aryl methyl sites for hydroxylation is 2. The summed E-state index contributed by atoms with van der Waals surface area (Å²) in [6.07, 6.45) is 11.2. The van der Waals surface area contributed by atoms with Crippen LogP contribution in [0.2, 0.25) is 0 Å². The average Bonchev–Trinajstić information content (AvgIpc) is 2.79. The van der Waals surface area contributed by atoms with Crippen LogP contribution in [0.25, 0.3) is 0 Å². The van der Waals surface area contributed by atoms with Gasteiger partial charge in [0.1, 0.15) is 5.01 Å². The summed E-state index contributed by atoms with van der Waals surface area (Å²) in [4.78, 5) is 6.32. The Morgan fingerprint density at radius 2 is 2.00 bits per heavy atom. The van der Waals surface area contributed by atoms with Crippen LogP contribution < -0.4 is 5.73 Å². The first-order valence-electron chi connectivity index (χ1n) is 7.41. The smallest absolute Gasteiger partial charge is 0.113 e. The molecule has 102 valence electrons. The third-order valence-corrected chi connectivity index (χ3v) is 5.32. The van der Waals surface area contributed by atoms with Gasteiger partial charge in [-0.05, 0) is 39.0 Å². The van der Waals surface area contributed by atoms with Crippen LogP contribution in [-0.4, -0.2) is 4.98 Å². The Kier molecular flexibility index (Phi) is 4.79. The van der Waals surface area contributed by atoms with Crippen LogP contribution in [-0.2, 0) is 18.4 Å². The average molecular weight is 266 g/mol. The van der Waals surface area contributed by atoms with Crippen molar-refractivity contribution in [2.75, 3.05) is 0 Å². The molecule has 0 aliphatic heterocycles. The fourth-order valence-electron chi connectivity index (χ4n) is 2.62. The maximum absolute atomic E-state index is 6.48. The zero-order valence-electron chi connectivity index (χ0n) is 11.8. The van der Waals surface area contributed by atoms with Gasteiger partial charge in [-0.15, -0.1) is 11.3 Å². The number of aromatic nitrogens is 1. The number of nitrogens with two attached hydrogens (primary N) is 1. The van der Waals surface area contributed by atoms with E-state index in [1.165, 1.54) is 60.5 Å². The quantitative estimate of drug-likeness (QED) is 0.785. The van der Waals surface area contributed by atoms with Gasteiger partial charge in [0.2, 0.25) is 0 Å². The predicted molar refractivity (Wildman–Crippen MR) is 79.1 cm³/mol. The van der Waals surface area contributed by atoms with Crippen LogP contribution in [0, 0.1) is 0 Å². The molecule has 3 heteroatoms. The van der Waals surface area contributed by atoms with Crippen LogP contribution >= 0.6 is 11.3 Å². The highest BCUT2D eigenvalue weighted by molar-refractivity contribution is 7.11. The van der Waals surface area contributed by atoms with Crippen LogP contribution in [0.4, 0.5) is 0 Å². The summed E-state index contributed by atoms with van der Waals surface area (Å²) in [5.41, 5.74) is 7.61. The van der Waals surface area contributed by atoms with Crippen LogP contribution in [0.5, 0.6) is 0 Å². The fraction of sp³-hybridized carbons (Fsp3) is 0.800. The molecule has 18 heavy (non-hydrogen) atoms. The Balaban J connectivity index is 1.97. The molecule has 2 rings (SSSR count). The monoisotopic (exact) mass is 266 g/mol. The number of hydrogen-bond donors (Lipinski definition) is 1. The van der Waals surface area contributed by atoms with E-state index in [4.69, 9.17) is 10.7 Å². The van der Waals surface area contributed by atoms with E-state index in [1.807, 2.05) is 11.3 Å². The molecule has 1 atom stereocenters. The van der Waals surface area contributed by atoms with Gasteiger partial charge in [-0.3, -0.25) is 0 Å². The normalized spacial score (nSPS) is 18.4. The second kappa shape index (κ2) is 6.16. The van der Waals surface area contributed by atoms with Crippen molar-refractivity contribution in [1.82, 2.24) is 4.98 Å². The molecular weight excluding hydrogens is 240 g/mol. The molecular formula is C15H26N2S. The predicted octanol–water partition coefficient (Wildman–Crippen LogP) is 4.17. The lowest BCUT2D eigenvalue weighted by molar-refractivity contribution is 0.421. The maximum atomic E-state index is 6.48. The largest absolute Gasteiger partial charge is 0.320 e. The van der Waals surface area contributed by atoms with Gasteiger partial charge in [-0.2, -0.15) is 0 Å². The first-order valence-corrected chi connectivity index (χ1v) is 8.23. The lowest BCUT2D eigenvalue weighted by atomic mass is 9.96. The highest BCUT2D eigenvalue weighted by Gasteiger charge is 2.27. The molecule has 0 aromatic carbocycles. The van der Waals surface area contributed by atoms with Crippen molar-refractivity contribution >= 4 is 11.3 Å². The second-order valence-electron chi connectivity index (χ2n) is 5.82. The van der Waals surface area contributed by atoms with E-state index in [0.29, 0.717) is 0 Å². The summed E-state index contributed by atoms with van der Waals surface area (Å²) in [5.74, 6) is 0. The van der Waals surface area contributed by atoms with Gasteiger partial charge in [-0.25, -0.2) is 4.98 Å². The third kappa shape index (κ3) is 3.33. The molecule has 0 saturated carbocycles. The highest BCUT2D eigenvalue weighted by Crippen LogP contribution is 2.33. The van der Waals surface area contributed by atoms with E-state index < -0.39 is 0 Å². The first kappa shape index (κ1) is 14.0. The number of thiazole rings is 1. The van der Waals surface area contributed by atoms with Crippen molar-refractivity contribution in [3.63, 3.8) is 0 Å². The molecule has 0 saturated heterocycles. The molecule has 1 unspecified atom stereocenters. The van der Waals surface area contributed by atoms with E-state index in [-0.39, 0.29) is 5.54 Å². The van der Waals surface area contributed by atoms with Crippen molar-refractivity contribution in [2.45, 2.75) is 77.2 Å². The summed E-state index contributed by atoms with van der Waals surface area (Å²) in [5, 5.41) is 1.17. The number of hydrogen-bond acceptors (Lipinski definition) is 3. The Bertz CT molecular complexity index is 358. The first-order chi connectivity index (χ1) is 8.63. The Labute approximate surface area is 115 Å². The Hall–Kier alpha value is -0.410. The van der Waals surface area contributed by atoms with E-state index in [0.717, 1.165) is 12.8 Å². The zero-order chi connectivity index (χ0) is 13.0. The number of nitrogens with zero attached hydrogens (tertiary/aromatic N) is 1. The van der Waals surface area contributed by atoms with E-state index in [9.17, 15) is 0 Å². The molecule has 1 heterocycles. The topological polar surface area (TPSA) is 38.9 Å². The molecule has 0 bridgehead atoms. The standard InChI is InChI=1S/C15H26N2S/c1-3-4-5-8-11-15(2,16)14-17-12-9-6-7-10-13(12)18-14/h3-11,16H2,1-2H3. The lowest BCUT2D eigenvalue weighted by Gasteiger charge is -2.21. The summed E-state index contributed by atoms with van der Waals surface area (Å²) in [6.45, 7) is 4.40. The zero-order valence-corrected chi connectivity index (χ0v) is 12.6. The maximum Gasteiger partial charge on any atom is 0.113 e. The Morgan fingerprint density at radius 3 is 2.72 bits per heavy atom. The summed E-state index contributed by atoms with van der Waals surface area (Å²) in [6, 6.07) is 0. The SMILES string of the molecule is CCCCCCC(C)(N)c1nc2c(s1)CCCC2. The molecule has 0 fully saturated rings. The second-order valence-corrected chi connectivity index (χ2v) is 6.91. The van der Waals surface area contributed by atoms with Crippen molar-refractivity contribution < 1.29 is 0 Å². The summed E-state index contributed by atoms with van der Waals surface area (Å²) >= 11 is 1.87. The minimum atomic E-state index is -0.213. The highest BCUT2D eigenvalue weighted by atomic mass is 32.1. The van der Waals surface area contributed by atoms with Gasteiger partial charge in [0, 0.05) is 4.88 Å². The third-order valence-electron chi connectivity index (χ3n) is 3.88. The molecule has 1 aliphatic carbocycles. The van der Waals surface area contributed by atoms with Gasteiger partial charge in [0.15, 0.2) is 0 Å². The van der Waals surface area contributed by atoms with Gasteiger partial charge < -0.3 is 5.73 Å².